The molecule has 5 heteroatoms. The molecule has 0 spiro atoms. The summed E-state index contributed by atoms with van der Waals surface area (Å²) in [5.41, 5.74) is 1.69. The van der Waals surface area contributed by atoms with Crippen molar-refractivity contribution in [1.29, 1.82) is 0 Å². The highest BCUT2D eigenvalue weighted by Gasteiger charge is 2.57. The number of piperidine rings is 1. The van der Waals surface area contributed by atoms with E-state index in [1.54, 1.807) is 0 Å². The van der Waals surface area contributed by atoms with Crippen LogP contribution in [0.25, 0.3) is 5.52 Å². The van der Waals surface area contributed by atoms with Crippen molar-refractivity contribution >= 4 is 11.4 Å². The van der Waals surface area contributed by atoms with Gasteiger partial charge in [0.15, 0.2) is 0 Å². The Kier molecular flexibility index (Phi) is 2.63. The van der Waals surface area contributed by atoms with Crippen molar-refractivity contribution in [1.82, 2.24) is 20.2 Å². The van der Waals surface area contributed by atoms with Crippen molar-refractivity contribution in [2.24, 2.45) is 17.8 Å². The Balaban J connectivity index is 1.57. The number of rotatable bonds is 3. The predicted molar refractivity (Wildman–Crippen MR) is 79.7 cm³/mol. The van der Waals surface area contributed by atoms with Crippen LogP contribution in [0.5, 0.6) is 0 Å². The summed E-state index contributed by atoms with van der Waals surface area (Å²) < 4.78 is 1.85. The third-order valence-electron chi connectivity index (χ3n) is 4.93. The molecule has 110 valence electrons. The molecule has 2 fully saturated rings. The van der Waals surface area contributed by atoms with Gasteiger partial charge in [0.05, 0.1) is 17.3 Å². The molecule has 1 aliphatic carbocycles. The van der Waals surface area contributed by atoms with E-state index in [4.69, 9.17) is 0 Å². The second-order valence-corrected chi connectivity index (χ2v) is 6.71. The van der Waals surface area contributed by atoms with Crippen LogP contribution in [0.3, 0.4) is 0 Å². The fraction of sp³-hybridized carbons (Fsp3) is 0.500. The first-order valence-corrected chi connectivity index (χ1v) is 7.53. The average molecular weight is 284 g/mol. The van der Waals surface area contributed by atoms with Crippen molar-refractivity contribution in [2.45, 2.75) is 19.4 Å². The van der Waals surface area contributed by atoms with Crippen LogP contribution < -0.4 is 10.6 Å². The zero-order valence-corrected chi connectivity index (χ0v) is 12.3. The largest absolute Gasteiger partial charge is 0.347 e. The lowest BCUT2D eigenvalue weighted by Gasteiger charge is -2.26. The summed E-state index contributed by atoms with van der Waals surface area (Å²) in [5.74, 6) is 1.48. The standard InChI is InChI=1S/C16H20N4O/c1-16(2,12-9-18-20-6-4-3-5-13(12)20)19-15(21)14-10-7-17-8-11(10)14/h3-6,9-11,14,17H,7-8H2,1-2H3,(H,19,21)/t10-,11?,14?/m0/s1. The van der Waals surface area contributed by atoms with E-state index in [1.165, 1.54) is 0 Å². The molecular formula is C16H20N4O. The maximum absolute atomic E-state index is 12.5. The SMILES string of the molecule is CC(C)(NC(=O)C1C2CNC[C@@H]21)c1cnn2ccccc12. The molecule has 2 aromatic rings. The molecule has 1 aliphatic heterocycles. The van der Waals surface area contributed by atoms with Crippen LogP contribution in [0.4, 0.5) is 0 Å². The second kappa shape index (κ2) is 4.31. The summed E-state index contributed by atoms with van der Waals surface area (Å²) >= 11 is 0. The smallest absolute Gasteiger partial charge is 0.224 e. The van der Waals surface area contributed by atoms with Crippen LogP contribution in [0.15, 0.2) is 30.6 Å². The summed E-state index contributed by atoms with van der Waals surface area (Å²) in [4.78, 5) is 12.5. The number of carbonyl (C=O) groups excluding carboxylic acids is 1. The molecule has 3 atom stereocenters. The minimum Gasteiger partial charge on any atom is -0.347 e. The van der Waals surface area contributed by atoms with Gasteiger partial charge in [-0.15, -0.1) is 0 Å². The van der Waals surface area contributed by atoms with Crippen molar-refractivity contribution in [3.8, 4) is 0 Å². The van der Waals surface area contributed by atoms with E-state index >= 15 is 0 Å². The lowest BCUT2D eigenvalue weighted by molar-refractivity contribution is -0.124. The Hall–Kier alpha value is -1.88. The molecule has 0 radical (unpaired) electrons. The van der Waals surface area contributed by atoms with Gasteiger partial charge in [-0.3, -0.25) is 4.79 Å². The summed E-state index contributed by atoms with van der Waals surface area (Å²) in [7, 11) is 0. The average Bonchev–Trinajstić information content (AvgIpc) is 2.82. The minimum atomic E-state index is -0.412. The van der Waals surface area contributed by atoms with E-state index in [0.29, 0.717) is 11.8 Å². The highest BCUT2D eigenvalue weighted by molar-refractivity contribution is 5.83. The molecule has 1 amide bonds. The number of hydrogen-bond donors (Lipinski definition) is 2. The minimum absolute atomic E-state index is 0.187. The predicted octanol–water partition coefficient (Wildman–Crippen LogP) is 1.15. The van der Waals surface area contributed by atoms with Crippen molar-refractivity contribution in [3.05, 3.63) is 36.2 Å². The van der Waals surface area contributed by atoms with Gasteiger partial charge in [-0.05, 0) is 50.9 Å². The molecule has 0 aromatic carbocycles. The summed E-state index contributed by atoms with van der Waals surface area (Å²) in [5, 5.41) is 10.9. The van der Waals surface area contributed by atoms with Crippen LogP contribution in [0, 0.1) is 17.8 Å². The van der Waals surface area contributed by atoms with Crippen LogP contribution in [-0.2, 0) is 10.3 Å². The zero-order valence-electron chi connectivity index (χ0n) is 12.3. The van der Waals surface area contributed by atoms with Crippen LogP contribution >= 0.6 is 0 Å². The first-order valence-electron chi connectivity index (χ1n) is 7.53. The van der Waals surface area contributed by atoms with Crippen LogP contribution in [-0.4, -0.2) is 28.6 Å². The van der Waals surface area contributed by atoms with Gasteiger partial charge in [0, 0.05) is 17.7 Å². The van der Waals surface area contributed by atoms with Crippen molar-refractivity contribution in [3.63, 3.8) is 0 Å². The molecule has 3 heterocycles. The first kappa shape index (κ1) is 12.8. The van der Waals surface area contributed by atoms with Gasteiger partial charge in [-0.2, -0.15) is 5.10 Å². The molecule has 0 bridgehead atoms. The Morgan fingerprint density at radius 3 is 2.90 bits per heavy atom. The number of nitrogens with zero attached hydrogens (tertiary/aromatic N) is 2. The van der Waals surface area contributed by atoms with Crippen LogP contribution in [0.1, 0.15) is 19.4 Å². The second-order valence-electron chi connectivity index (χ2n) is 6.71. The van der Waals surface area contributed by atoms with Gasteiger partial charge in [0.1, 0.15) is 0 Å². The van der Waals surface area contributed by atoms with Gasteiger partial charge < -0.3 is 10.6 Å². The highest BCUT2D eigenvalue weighted by atomic mass is 16.2. The zero-order chi connectivity index (χ0) is 14.6. The normalized spacial score (nSPS) is 27.6. The Morgan fingerprint density at radius 1 is 1.38 bits per heavy atom. The van der Waals surface area contributed by atoms with Gasteiger partial charge in [-0.25, -0.2) is 4.52 Å². The molecule has 1 saturated carbocycles. The number of amides is 1. The Bertz CT molecular complexity index is 695. The van der Waals surface area contributed by atoms with Crippen molar-refractivity contribution in [2.75, 3.05) is 13.1 Å². The number of hydrogen-bond acceptors (Lipinski definition) is 3. The van der Waals surface area contributed by atoms with E-state index in [-0.39, 0.29) is 11.8 Å². The van der Waals surface area contributed by atoms with Gasteiger partial charge >= 0.3 is 0 Å². The summed E-state index contributed by atoms with van der Waals surface area (Å²) in [6, 6.07) is 5.98. The lowest BCUT2D eigenvalue weighted by atomic mass is 9.95. The van der Waals surface area contributed by atoms with Crippen molar-refractivity contribution < 1.29 is 4.79 Å². The number of pyridine rings is 1. The highest BCUT2D eigenvalue weighted by Crippen LogP contribution is 2.49. The summed E-state index contributed by atoms with van der Waals surface area (Å²) in [6.07, 6.45) is 3.78. The Labute approximate surface area is 123 Å². The molecule has 21 heavy (non-hydrogen) atoms. The molecule has 4 rings (SSSR count). The molecule has 2 aliphatic rings. The fourth-order valence-electron chi connectivity index (χ4n) is 3.68. The van der Waals surface area contributed by atoms with Crippen LogP contribution in [0.2, 0.25) is 0 Å². The van der Waals surface area contributed by atoms with E-state index in [9.17, 15) is 4.79 Å². The monoisotopic (exact) mass is 284 g/mol. The van der Waals surface area contributed by atoms with E-state index in [0.717, 1.165) is 24.2 Å². The van der Waals surface area contributed by atoms with E-state index < -0.39 is 5.54 Å². The molecule has 2 unspecified atom stereocenters. The van der Waals surface area contributed by atoms with Gasteiger partial charge in [0.25, 0.3) is 0 Å². The fourth-order valence-corrected chi connectivity index (χ4v) is 3.68. The lowest BCUT2D eigenvalue weighted by Crippen LogP contribution is -2.43. The third kappa shape index (κ3) is 1.95. The molecule has 2 aromatic heterocycles. The maximum Gasteiger partial charge on any atom is 0.224 e. The van der Waals surface area contributed by atoms with Gasteiger partial charge in [-0.1, -0.05) is 6.07 Å². The number of carbonyl (C=O) groups is 1. The van der Waals surface area contributed by atoms with E-state index in [2.05, 4.69) is 15.7 Å². The third-order valence-corrected chi connectivity index (χ3v) is 4.93. The number of fused-ring (bicyclic) bond motifs is 2. The molecular weight excluding hydrogens is 264 g/mol. The summed E-state index contributed by atoms with van der Waals surface area (Å²) in [6.45, 7) is 6.07. The number of nitrogens with one attached hydrogen (secondary N) is 2. The molecule has 5 nitrogen and oxygen atoms in total. The van der Waals surface area contributed by atoms with E-state index in [1.807, 2.05) is 49.0 Å². The van der Waals surface area contributed by atoms with Gasteiger partial charge in [0.2, 0.25) is 5.91 Å². The first-order chi connectivity index (χ1) is 10.1. The topological polar surface area (TPSA) is 58.4 Å². The quantitative estimate of drug-likeness (QED) is 0.889. The molecule has 2 N–H and O–H groups in total. The Morgan fingerprint density at radius 2 is 2.14 bits per heavy atom. The molecule has 1 saturated heterocycles. The number of aromatic nitrogens is 2. The maximum atomic E-state index is 12.5.